The molecule has 1 aromatic rings. The lowest BCUT2D eigenvalue weighted by Crippen LogP contribution is -2.41. The van der Waals surface area contributed by atoms with Crippen LogP contribution in [0.1, 0.15) is 31.7 Å². The second-order valence-corrected chi connectivity index (χ2v) is 11.5. The summed E-state index contributed by atoms with van der Waals surface area (Å²) in [6.45, 7) is 3.39. The standard InChI is InChI=1S/C19H24FN3O6.C4H10O5P2/c1-13(24)23(19(25)28-12-26-2)11-15-10-17(21-29-15)14-3-4-18(16(20)9-14)22-5-7-27-8-6-22;5-3-1-2-4(10(6)7)11(8)9/h3-4,9,15H,5-8,10-12H2,1-2H3;3-4,6-9H,1-2H2. The molecule has 2 aliphatic rings. The summed E-state index contributed by atoms with van der Waals surface area (Å²) >= 11 is 0. The molecule has 0 spiro atoms. The molecule has 1 aromatic carbocycles. The average Bonchev–Trinajstić information content (AvgIpc) is 3.39. The molecule has 40 heavy (non-hydrogen) atoms. The summed E-state index contributed by atoms with van der Waals surface area (Å²) in [7, 11) is -3.32. The number of hydrogen-bond donors (Lipinski definition) is 4. The molecule has 2 aliphatic heterocycles. The average molecular weight is 609 g/mol. The number of morpholine rings is 1. The number of benzene rings is 1. The summed E-state index contributed by atoms with van der Waals surface area (Å²) in [6.07, 6.45) is -0.198. The number of nitrogens with zero attached hydrogens (tertiary/aromatic N) is 3. The predicted molar refractivity (Wildman–Crippen MR) is 143 cm³/mol. The quantitative estimate of drug-likeness (QED) is 0.162. The zero-order chi connectivity index (χ0) is 29.7. The number of amides is 2. The number of anilines is 1. The molecule has 4 N–H and O–H groups in total. The molecule has 224 valence electrons. The molecule has 1 saturated heterocycles. The number of oxime groups is 1. The summed E-state index contributed by atoms with van der Waals surface area (Å²) in [4.78, 5) is 76.2. The van der Waals surface area contributed by atoms with Gasteiger partial charge in [0.1, 0.15) is 12.1 Å². The van der Waals surface area contributed by atoms with E-state index >= 15 is 0 Å². The van der Waals surface area contributed by atoms with E-state index in [1.54, 1.807) is 12.1 Å². The van der Waals surface area contributed by atoms with Crippen molar-refractivity contribution < 1.29 is 57.4 Å². The van der Waals surface area contributed by atoms with E-state index in [9.17, 15) is 18.8 Å². The molecule has 0 radical (unpaired) electrons. The van der Waals surface area contributed by atoms with Gasteiger partial charge in [0.15, 0.2) is 29.6 Å². The second kappa shape index (κ2) is 17.5. The van der Waals surface area contributed by atoms with Crippen molar-refractivity contribution >= 4 is 46.4 Å². The van der Waals surface area contributed by atoms with Gasteiger partial charge in [0.05, 0.1) is 36.6 Å². The molecule has 0 bridgehead atoms. The van der Waals surface area contributed by atoms with E-state index in [0.717, 1.165) is 4.90 Å². The molecular weight excluding hydrogens is 575 g/mol. The molecule has 1 atom stereocenters. The van der Waals surface area contributed by atoms with Gasteiger partial charge in [-0.2, -0.15) is 0 Å². The Kier molecular flexibility index (Phi) is 14.8. The van der Waals surface area contributed by atoms with Crippen molar-refractivity contribution in [2.24, 2.45) is 5.16 Å². The summed E-state index contributed by atoms with van der Waals surface area (Å²) in [5, 5.41) is 3.07. The van der Waals surface area contributed by atoms with E-state index in [1.165, 1.54) is 20.1 Å². The van der Waals surface area contributed by atoms with Crippen LogP contribution < -0.4 is 4.90 Å². The molecule has 0 aliphatic carbocycles. The third-order valence-electron chi connectivity index (χ3n) is 5.73. The van der Waals surface area contributed by atoms with Crippen LogP contribution in [0.2, 0.25) is 0 Å². The molecule has 1 unspecified atom stereocenters. The van der Waals surface area contributed by atoms with Crippen LogP contribution in [-0.2, 0) is 28.6 Å². The third kappa shape index (κ3) is 10.6. The predicted octanol–water partition coefficient (Wildman–Crippen LogP) is 1.63. The molecule has 2 heterocycles. The number of carbonyl (C=O) groups excluding carboxylic acids is 3. The van der Waals surface area contributed by atoms with Crippen molar-refractivity contribution in [2.45, 2.75) is 37.7 Å². The van der Waals surface area contributed by atoms with Crippen LogP contribution in [0.5, 0.6) is 0 Å². The number of hydrogen-bond acceptors (Lipinski definition) is 13. The third-order valence-corrected chi connectivity index (χ3v) is 8.55. The van der Waals surface area contributed by atoms with Crippen LogP contribution in [-0.4, -0.2) is 107 Å². The van der Waals surface area contributed by atoms with E-state index in [2.05, 4.69) is 9.89 Å². The Hall–Kier alpha value is -2.35. The molecule has 2 amide bonds. The van der Waals surface area contributed by atoms with Gasteiger partial charge in [-0.1, -0.05) is 11.2 Å². The summed E-state index contributed by atoms with van der Waals surface area (Å²) in [5.41, 5.74) is 1.67. The molecule has 17 heteroatoms. The lowest BCUT2D eigenvalue weighted by atomic mass is 10.0. The number of aldehydes is 1. The number of methoxy groups -OCH3 is 1. The van der Waals surface area contributed by atoms with E-state index in [0.29, 0.717) is 56.0 Å². The summed E-state index contributed by atoms with van der Waals surface area (Å²) < 4.78 is 29.4. The fourth-order valence-corrected chi connectivity index (χ4v) is 5.21. The fraction of sp³-hybridized carbons (Fsp3) is 0.565. The highest BCUT2D eigenvalue weighted by Crippen LogP contribution is 2.51. The molecule has 0 aromatic heterocycles. The van der Waals surface area contributed by atoms with Gasteiger partial charge in [0.25, 0.3) is 0 Å². The van der Waals surface area contributed by atoms with Gasteiger partial charge >= 0.3 is 6.09 Å². The maximum atomic E-state index is 14.6. The number of ether oxygens (including phenoxy) is 3. The Labute approximate surface area is 233 Å². The lowest BCUT2D eigenvalue weighted by molar-refractivity contribution is -0.129. The van der Waals surface area contributed by atoms with Gasteiger partial charge in [-0.05, 0) is 18.6 Å². The van der Waals surface area contributed by atoms with Gasteiger partial charge < -0.3 is 48.3 Å². The largest absolute Gasteiger partial charge is 0.422 e. The first-order chi connectivity index (χ1) is 19.1. The van der Waals surface area contributed by atoms with Crippen molar-refractivity contribution in [3.63, 3.8) is 0 Å². The van der Waals surface area contributed by atoms with E-state index < -0.39 is 40.3 Å². The first kappa shape index (κ1) is 33.9. The first-order valence-electron chi connectivity index (χ1n) is 12.2. The SMILES string of the molecule is COCOC(=O)N(CC1CC(c2ccc(N3CCOCC3)c(F)c2)=NO1)C(C)=O.O=CCCC(P(O)O)P(O)O. The Balaban J connectivity index is 0.000000432. The molecule has 0 saturated carbocycles. The maximum absolute atomic E-state index is 14.6. The smallest absolute Gasteiger partial charge is 0.418 e. The summed E-state index contributed by atoms with van der Waals surface area (Å²) in [5.74, 6) is -0.826. The van der Waals surface area contributed by atoms with Crippen LogP contribution in [0.15, 0.2) is 23.4 Å². The van der Waals surface area contributed by atoms with E-state index in [1.807, 2.05) is 4.90 Å². The van der Waals surface area contributed by atoms with Crippen molar-refractivity contribution in [3.05, 3.63) is 29.6 Å². The fourth-order valence-electron chi connectivity index (χ4n) is 3.71. The maximum Gasteiger partial charge on any atom is 0.418 e. The van der Waals surface area contributed by atoms with Crippen LogP contribution in [0.3, 0.4) is 0 Å². The lowest BCUT2D eigenvalue weighted by Gasteiger charge is -2.29. The van der Waals surface area contributed by atoms with Crippen LogP contribution in [0, 0.1) is 5.82 Å². The molecule has 3 rings (SSSR count). The Morgan fingerprint density at radius 1 is 1.25 bits per heavy atom. The van der Waals surface area contributed by atoms with Crippen molar-refractivity contribution in [3.8, 4) is 0 Å². The van der Waals surface area contributed by atoms with Crippen molar-refractivity contribution in [2.75, 3.05) is 51.7 Å². The highest BCUT2D eigenvalue weighted by atomic mass is 31.2. The zero-order valence-electron chi connectivity index (χ0n) is 22.1. The Morgan fingerprint density at radius 2 is 1.93 bits per heavy atom. The molecule has 1 fully saturated rings. The van der Waals surface area contributed by atoms with Gasteiger partial charge in [-0.15, -0.1) is 0 Å². The molecular formula is C23H34FN3O11P2. The van der Waals surface area contributed by atoms with Crippen molar-refractivity contribution in [1.82, 2.24) is 4.90 Å². The minimum atomic E-state index is -2.35. The minimum Gasteiger partial charge on any atom is -0.422 e. The minimum absolute atomic E-state index is 0.0285. The van der Waals surface area contributed by atoms with Crippen LogP contribution in [0.25, 0.3) is 0 Å². The highest BCUT2D eigenvalue weighted by molar-refractivity contribution is 7.64. The van der Waals surface area contributed by atoms with E-state index in [-0.39, 0.29) is 32.0 Å². The number of rotatable bonds is 11. The highest BCUT2D eigenvalue weighted by Gasteiger charge is 2.30. The summed E-state index contributed by atoms with van der Waals surface area (Å²) in [6, 6.07) is 4.93. The van der Waals surface area contributed by atoms with Crippen molar-refractivity contribution in [1.29, 1.82) is 0 Å². The second-order valence-electron chi connectivity index (χ2n) is 8.55. The Bertz CT molecular complexity index is 1000. The first-order valence-corrected chi connectivity index (χ1v) is 14.8. The number of carbonyl (C=O) groups is 3. The van der Waals surface area contributed by atoms with Gasteiger partial charge in [0.2, 0.25) is 5.91 Å². The number of imide groups is 1. The topological polar surface area (TPSA) is 188 Å². The van der Waals surface area contributed by atoms with Gasteiger partial charge in [-0.3, -0.25) is 4.79 Å². The van der Waals surface area contributed by atoms with Crippen LogP contribution in [0.4, 0.5) is 14.9 Å². The zero-order valence-corrected chi connectivity index (χ0v) is 23.9. The van der Waals surface area contributed by atoms with Gasteiger partial charge in [0, 0.05) is 45.5 Å². The monoisotopic (exact) mass is 609 g/mol. The normalized spacial score (nSPS) is 16.8. The van der Waals surface area contributed by atoms with Gasteiger partial charge in [-0.25, -0.2) is 14.1 Å². The van der Waals surface area contributed by atoms with E-state index in [4.69, 9.17) is 33.9 Å². The number of halogens is 1. The molecule has 14 nitrogen and oxygen atoms in total. The van der Waals surface area contributed by atoms with Crippen LogP contribution >= 0.6 is 16.8 Å². The Morgan fingerprint density at radius 3 is 2.48 bits per heavy atom.